The minimum absolute atomic E-state index is 0.0816. The predicted molar refractivity (Wildman–Crippen MR) is 125 cm³/mol. The van der Waals surface area contributed by atoms with Crippen LogP contribution in [0.25, 0.3) is 16.6 Å². The predicted octanol–water partition coefficient (Wildman–Crippen LogP) is 5.69. The van der Waals surface area contributed by atoms with Crippen LogP contribution in [0.3, 0.4) is 0 Å². The van der Waals surface area contributed by atoms with Gasteiger partial charge in [0.1, 0.15) is 5.75 Å². The number of aryl methyl sites for hydroxylation is 1. The van der Waals surface area contributed by atoms with Crippen molar-refractivity contribution < 1.29 is 19.1 Å². The zero-order chi connectivity index (χ0) is 22.7. The molecule has 32 heavy (non-hydrogen) atoms. The number of benzene rings is 3. The summed E-state index contributed by atoms with van der Waals surface area (Å²) in [5.74, 6) is 0.0408. The van der Waals surface area contributed by atoms with E-state index in [1.54, 1.807) is 19.1 Å². The fourth-order valence-electron chi connectivity index (χ4n) is 3.93. The van der Waals surface area contributed by atoms with E-state index in [4.69, 9.17) is 9.47 Å². The van der Waals surface area contributed by atoms with Crippen molar-refractivity contribution in [2.45, 2.75) is 20.8 Å². The fraction of sp³-hybridized carbons (Fsp3) is 0.185. The standard InChI is InChI=1S/C27H25NO4/c1-4-31-27(30)26-19(3)28(23-13-9-8-10-18(23)2)24-15-14-21(16-22(24)26)32-17-25(29)20-11-6-5-7-12-20/h5-16H,4,17H2,1-3H3. The molecule has 0 fully saturated rings. The van der Waals surface area contributed by atoms with Gasteiger partial charge in [0.05, 0.1) is 17.7 Å². The number of para-hydroxylation sites is 1. The van der Waals surface area contributed by atoms with Gasteiger partial charge in [0.15, 0.2) is 12.4 Å². The molecule has 0 bridgehead atoms. The molecule has 3 aromatic carbocycles. The molecule has 0 saturated heterocycles. The van der Waals surface area contributed by atoms with Crippen LogP contribution in [0.5, 0.6) is 5.75 Å². The van der Waals surface area contributed by atoms with Crippen LogP contribution in [0.15, 0.2) is 72.8 Å². The molecule has 0 N–H and O–H groups in total. The summed E-state index contributed by atoms with van der Waals surface area (Å²) >= 11 is 0. The number of carbonyl (C=O) groups excluding carboxylic acids is 2. The fourth-order valence-corrected chi connectivity index (χ4v) is 3.93. The molecular weight excluding hydrogens is 402 g/mol. The van der Waals surface area contributed by atoms with Gasteiger partial charge < -0.3 is 14.0 Å². The van der Waals surface area contributed by atoms with Gasteiger partial charge in [-0.05, 0) is 50.6 Å². The lowest BCUT2D eigenvalue weighted by Crippen LogP contribution is -2.11. The van der Waals surface area contributed by atoms with E-state index >= 15 is 0 Å². The number of hydrogen-bond acceptors (Lipinski definition) is 4. The van der Waals surface area contributed by atoms with Crippen LogP contribution in [0.2, 0.25) is 0 Å². The third kappa shape index (κ3) is 4.02. The van der Waals surface area contributed by atoms with E-state index in [-0.39, 0.29) is 25.0 Å². The summed E-state index contributed by atoms with van der Waals surface area (Å²) in [7, 11) is 0. The topological polar surface area (TPSA) is 57.5 Å². The second kappa shape index (κ2) is 9.10. The smallest absolute Gasteiger partial charge is 0.340 e. The van der Waals surface area contributed by atoms with Crippen LogP contribution >= 0.6 is 0 Å². The normalized spacial score (nSPS) is 10.8. The van der Waals surface area contributed by atoms with Gasteiger partial charge in [-0.25, -0.2) is 4.79 Å². The zero-order valence-electron chi connectivity index (χ0n) is 18.4. The van der Waals surface area contributed by atoms with Crippen LogP contribution in [-0.4, -0.2) is 29.5 Å². The Morgan fingerprint density at radius 2 is 1.62 bits per heavy atom. The average molecular weight is 428 g/mol. The first-order valence-electron chi connectivity index (χ1n) is 10.6. The Labute approximate surface area is 187 Å². The summed E-state index contributed by atoms with van der Waals surface area (Å²) in [5.41, 5.74) is 4.87. The van der Waals surface area contributed by atoms with Crippen molar-refractivity contribution in [3.63, 3.8) is 0 Å². The number of carbonyl (C=O) groups is 2. The molecule has 0 saturated carbocycles. The van der Waals surface area contributed by atoms with Gasteiger partial charge in [0.2, 0.25) is 0 Å². The van der Waals surface area contributed by atoms with Crippen molar-refractivity contribution in [2.24, 2.45) is 0 Å². The van der Waals surface area contributed by atoms with E-state index in [0.29, 0.717) is 16.9 Å². The maximum Gasteiger partial charge on any atom is 0.340 e. The molecule has 4 aromatic rings. The molecule has 0 atom stereocenters. The highest BCUT2D eigenvalue weighted by Crippen LogP contribution is 2.33. The molecule has 1 heterocycles. The summed E-state index contributed by atoms with van der Waals surface area (Å²) in [6, 6.07) is 22.6. The monoisotopic (exact) mass is 427 g/mol. The number of aromatic nitrogens is 1. The highest BCUT2D eigenvalue weighted by molar-refractivity contribution is 6.07. The van der Waals surface area contributed by atoms with Crippen molar-refractivity contribution >= 4 is 22.7 Å². The van der Waals surface area contributed by atoms with E-state index in [0.717, 1.165) is 27.8 Å². The molecule has 0 aliphatic heterocycles. The Hall–Kier alpha value is -3.86. The third-order valence-electron chi connectivity index (χ3n) is 5.48. The number of fused-ring (bicyclic) bond motifs is 1. The number of Topliss-reactive ketones (excluding diaryl/α,β-unsaturated/α-hetero) is 1. The second-order valence-corrected chi connectivity index (χ2v) is 7.56. The second-order valence-electron chi connectivity index (χ2n) is 7.56. The Morgan fingerprint density at radius 3 is 2.34 bits per heavy atom. The van der Waals surface area contributed by atoms with Gasteiger partial charge in [0, 0.05) is 22.3 Å². The van der Waals surface area contributed by atoms with Crippen LogP contribution in [0.1, 0.15) is 38.9 Å². The van der Waals surface area contributed by atoms with Crippen LogP contribution in [-0.2, 0) is 4.74 Å². The third-order valence-corrected chi connectivity index (χ3v) is 5.48. The highest BCUT2D eigenvalue weighted by atomic mass is 16.5. The van der Waals surface area contributed by atoms with Crippen molar-refractivity contribution in [3.8, 4) is 11.4 Å². The highest BCUT2D eigenvalue weighted by Gasteiger charge is 2.23. The first-order chi connectivity index (χ1) is 15.5. The molecule has 5 heteroatoms. The van der Waals surface area contributed by atoms with Crippen molar-refractivity contribution in [2.75, 3.05) is 13.2 Å². The molecule has 4 rings (SSSR count). The maximum atomic E-state index is 12.8. The number of rotatable bonds is 7. The molecule has 1 aromatic heterocycles. The van der Waals surface area contributed by atoms with Gasteiger partial charge in [-0.1, -0.05) is 48.5 Å². The lowest BCUT2D eigenvalue weighted by molar-refractivity contribution is 0.0527. The van der Waals surface area contributed by atoms with Gasteiger partial charge in [-0.3, -0.25) is 4.79 Å². The number of ether oxygens (including phenoxy) is 2. The molecular formula is C27H25NO4. The first-order valence-corrected chi connectivity index (χ1v) is 10.6. The summed E-state index contributed by atoms with van der Waals surface area (Å²) < 4.78 is 13.2. The molecule has 0 unspecified atom stereocenters. The van der Waals surface area contributed by atoms with Crippen molar-refractivity contribution in [1.82, 2.24) is 4.57 Å². The average Bonchev–Trinajstić information content (AvgIpc) is 3.09. The minimum Gasteiger partial charge on any atom is -0.485 e. The zero-order valence-corrected chi connectivity index (χ0v) is 18.4. The van der Waals surface area contributed by atoms with Gasteiger partial charge >= 0.3 is 5.97 Å². The molecule has 0 spiro atoms. The molecule has 0 amide bonds. The van der Waals surface area contributed by atoms with Crippen LogP contribution in [0.4, 0.5) is 0 Å². The largest absolute Gasteiger partial charge is 0.485 e. The first kappa shape index (κ1) is 21.4. The van der Waals surface area contributed by atoms with E-state index in [9.17, 15) is 9.59 Å². The maximum absolute atomic E-state index is 12.8. The Bertz CT molecular complexity index is 1290. The Kier molecular flexibility index (Phi) is 6.08. The lowest BCUT2D eigenvalue weighted by atomic mass is 10.1. The van der Waals surface area contributed by atoms with Crippen LogP contribution in [0, 0.1) is 13.8 Å². The molecule has 0 aliphatic carbocycles. The molecule has 0 radical (unpaired) electrons. The Balaban J connectivity index is 1.76. The van der Waals surface area contributed by atoms with Crippen molar-refractivity contribution in [3.05, 3.63) is 95.2 Å². The van der Waals surface area contributed by atoms with Crippen molar-refractivity contribution in [1.29, 1.82) is 0 Å². The van der Waals surface area contributed by atoms with Gasteiger partial charge in [-0.2, -0.15) is 0 Å². The number of esters is 1. The molecule has 162 valence electrons. The SMILES string of the molecule is CCOC(=O)c1c(C)n(-c2ccccc2C)c2ccc(OCC(=O)c3ccccc3)cc12. The van der Waals surface area contributed by atoms with E-state index in [2.05, 4.69) is 4.57 Å². The molecule has 0 aliphatic rings. The summed E-state index contributed by atoms with van der Waals surface area (Å²) in [4.78, 5) is 25.3. The number of hydrogen-bond donors (Lipinski definition) is 0. The summed E-state index contributed by atoms with van der Waals surface area (Å²) in [6.07, 6.45) is 0. The lowest BCUT2D eigenvalue weighted by Gasteiger charge is -2.12. The number of ketones is 1. The van der Waals surface area contributed by atoms with Gasteiger partial charge in [0.25, 0.3) is 0 Å². The van der Waals surface area contributed by atoms with Gasteiger partial charge in [-0.15, -0.1) is 0 Å². The molecule has 5 nitrogen and oxygen atoms in total. The van der Waals surface area contributed by atoms with E-state index in [1.807, 2.05) is 74.5 Å². The quantitative estimate of drug-likeness (QED) is 0.281. The minimum atomic E-state index is -0.375. The van der Waals surface area contributed by atoms with Crippen LogP contribution < -0.4 is 4.74 Å². The summed E-state index contributed by atoms with van der Waals surface area (Å²) in [5, 5.41) is 0.730. The number of nitrogens with zero attached hydrogens (tertiary/aromatic N) is 1. The van der Waals surface area contributed by atoms with E-state index < -0.39 is 0 Å². The Morgan fingerprint density at radius 1 is 0.906 bits per heavy atom. The summed E-state index contributed by atoms with van der Waals surface area (Å²) in [6.45, 7) is 5.95. The van der Waals surface area contributed by atoms with E-state index in [1.165, 1.54) is 0 Å².